The predicted molar refractivity (Wildman–Crippen MR) is 100 cm³/mol. The van der Waals surface area contributed by atoms with E-state index in [4.69, 9.17) is 32.7 Å². The molecule has 2 N–H and O–H groups in total. The summed E-state index contributed by atoms with van der Waals surface area (Å²) < 4.78 is 5.59. The molecule has 7 heteroatoms. The topological polar surface area (TPSA) is 79.5 Å². The van der Waals surface area contributed by atoms with Gasteiger partial charge in [-0.05, 0) is 55.0 Å². The van der Waals surface area contributed by atoms with Crippen LogP contribution in [0.25, 0.3) is 11.3 Å². The molecule has 3 rings (SSSR count). The van der Waals surface area contributed by atoms with Crippen molar-refractivity contribution in [1.82, 2.24) is 0 Å². The van der Waals surface area contributed by atoms with Crippen LogP contribution in [0.15, 0.2) is 52.9 Å². The Bertz CT molecular complexity index is 1010. The van der Waals surface area contributed by atoms with Crippen LogP contribution in [0.4, 0.5) is 5.69 Å². The molecular weight excluding hydrogens is 377 g/mol. The van der Waals surface area contributed by atoms with Crippen LogP contribution < -0.4 is 5.32 Å². The Morgan fingerprint density at radius 1 is 1.04 bits per heavy atom. The summed E-state index contributed by atoms with van der Waals surface area (Å²) >= 11 is 11.9. The first-order valence-corrected chi connectivity index (χ1v) is 8.32. The second kappa shape index (κ2) is 7.23. The number of furan rings is 1. The van der Waals surface area contributed by atoms with E-state index in [9.17, 15) is 9.59 Å². The molecule has 0 saturated heterocycles. The van der Waals surface area contributed by atoms with Crippen LogP contribution >= 0.6 is 23.2 Å². The summed E-state index contributed by atoms with van der Waals surface area (Å²) in [6.07, 6.45) is 0. The normalized spacial score (nSPS) is 10.6. The van der Waals surface area contributed by atoms with Gasteiger partial charge in [0.15, 0.2) is 5.76 Å². The SMILES string of the molecule is Cc1c(NC(=O)c2ccc(-c3ccc(Cl)c(Cl)c3)o2)cccc1C(=O)O. The molecule has 2 aromatic carbocycles. The number of carboxylic acids is 1. The van der Waals surface area contributed by atoms with E-state index in [1.807, 2.05) is 0 Å². The van der Waals surface area contributed by atoms with Crippen LogP contribution in [0.3, 0.4) is 0 Å². The first-order chi connectivity index (χ1) is 12.4. The fourth-order valence-corrected chi connectivity index (χ4v) is 2.75. The lowest BCUT2D eigenvalue weighted by molar-refractivity contribution is 0.0695. The van der Waals surface area contributed by atoms with Gasteiger partial charge in [-0.3, -0.25) is 4.79 Å². The van der Waals surface area contributed by atoms with E-state index in [1.54, 1.807) is 43.3 Å². The van der Waals surface area contributed by atoms with E-state index in [0.717, 1.165) is 0 Å². The Labute approximate surface area is 159 Å². The van der Waals surface area contributed by atoms with Gasteiger partial charge in [0.2, 0.25) is 0 Å². The number of carboxylic acid groups (broad SMARTS) is 1. The van der Waals surface area contributed by atoms with Crippen LogP contribution in [-0.4, -0.2) is 17.0 Å². The molecule has 0 bridgehead atoms. The van der Waals surface area contributed by atoms with Gasteiger partial charge in [-0.2, -0.15) is 0 Å². The molecule has 0 saturated carbocycles. The van der Waals surface area contributed by atoms with Crippen LogP contribution in [0.5, 0.6) is 0 Å². The Balaban J connectivity index is 1.84. The van der Waals surface area contributed by atoms with Crippen molar-refractivity contribution in [3.8, 4) is 11.3 Å². The fourth-order valence-electron chi connectivity index (χ4n) is 2.45. The molecule has 1 amide bonds. The minimum absolute atomic E-state index is 0.0891. The van der Waals surface area contributed by atoms with E-state index >= 15 is 0 Å². The zero-order chi connectivity index (χ0) is 18.8. The monoisotopic (exact) mass is 389 g/mol. The lowest BCUT2D eigenvalue weighted by atomic mass is 10.1. The number of nitrogens with one attached hydrogen (secondary N) is 1. The zero-order valence-corrected chi connectivity index (χ0v) is 15.1. The van der Waals surface area contributed by atoms with Crippen molar-refractivity contribution in [3.05, 3.63) is 75.5 Å². The number of hydrogen-bond donors (Lipinski definition) is 2. The van der Waals surface area contributed by atoms with Crippen molar-refractivity contribution in [2.24, 2.45) is 0 Å². The van der Waals surface area contributed by atoms with Gasteiger partial charge in [0.1, 0.15) is 5.76 Å². The summed E-state index contributed by atoms with van der Waals surface area (Å²) in [7, 11) is 0. The van der Waals surface area contributed by atoms with Crippen LogP contribution in [-0.2, 0) is 0 Å². The van der Waals surface area contributed by atoms with Gasteiger partial charge in [-0.25, -0.2) is 4.79 Å². The third-order valence-corrected chi connectivity index (χ3v) is 4.59. The molecule has 0 unspecified atom stereocenters. The molecule has 0 aliphatic rings. The number of benzene rings is 2. The first-order valence-electron chi connectivity index (χ1n) is 7.56. The fraction of sp³-hybridized carbons (Fsp3) is 0.0526. The number of anilines is 1. The largest absolute Gasteiger partial charge is 0.478 e. The highest BCUT2D eigenvalue weighted by molar-refractivity contribution is 6.42. The molecule has 1 aromatic heterocycles. The third-order valence-electron chi connectivity index (χ3n) is 3.85. The summed E-state index contributed by atoms with van der Waals surface area (Å²) in [5.74, 6) is -0.989. The molecule has 0 atom stereocenters. The maximum atomic E-state index is 12.4. The average molecular weight is 390 g/mol. The number of hydrogen-bond acceptors (Lipinski definition) is 3. The molecule has 0 aliphatic heterocycles. The lowest BCUT2D eigenvalue weighted by Crippen LogP contribution is -2.13. The summed E-state index contributed by atoms with van der Waals surface area (Å²) in [5.41, 5.74) is 1.67. The summed E-state index contributed by atoms with van der Waals surface area (Å²) in [4.78, 5) is 23.6. The minimum Gasteiger partial charge on any atom is -0.478 e. The smallest absolute Gasteiger partial charge is 0.336 e. The molecule has 132 valence electrons. The molecule has 0 radical (unpaired) electrons. The quantitative estimate of drug-likeness (QED) is 0.616. The van der Waals surface area contributed by atoms with E-state index < -0.39 is 11.9 Å². The lowest BCUT2D eigenvalue weighted by Gasteiger charge is -2.09. The predicted octanol–water partition coefficient (Wildman–Crippen LogP) is 5.51. The van der Waals surface area contributed by atoms with Crippen molar-refractivity contribution in [2.45, 2.75) is 6.92 Å². The maximum absolute atomic E-state index is 12.4. The summed E-state index contributed by atoms with van der Waals surface area (Å²) in [6, 6.07) is 12.9. The standard InChI is InChI=1S/C19H13Cl2NO4/c1-10-12(19(24)25)3-2-4-15(10)22-18(23)17-8-7-16(26-17)11-5-6-13(20)14(21)9-11/h2-9H,1H3,(H,22,23)(H,24,25). The van der Waals surface area contributed by atoms with Crippen molar-refractivity contribution in [3.63, 3.8) is 0 Å². The molecule has 1 heterocycles. The van der Waals surface area contributed by atoms with Gasteiger partial charge in [0, 0.05) is 11.3 Å². The van der Waals surface area contributed by atoms with Crippen LogP contribution in [0.2, 0.25) is 10.0 Å². The maximum Gasteiger partial charge on any atom is 0.336 e. The highest BCUT2D eigenvalue weighted by Gasteiger charge is 2.16. The molecule has 0 aliphatic carbocycles. The van der Waals surface area contributed by atoms with Gasteiger partial charge >= 0.3 is 5.97 Å². The zero-order valence-electron chi connectivity index (χ0n) is 13.5. The second-order valence-corrected chi connectivity index (χ2v) is 6.34. The van der Waals surface area contributed by atoms with Gasteiger partial charge < -0.3 is 14.8 Å². The molecule has 0 fully saturated rings. The second-order valence-electron chi connectivity index (χ2n) is 5.53. The third kappa shape index (κ3) is 3.59. The van der Waals surface area contributed by atoms with Crippen molar-refractivity contribution in [1.29, 1.82) is 0 Å². The number of aromatic carboxylic acids is 1. The Kier molecular flexibility index (Phi) is 5.02. The molecule has 5 nitrogen and oxygen atoms in total. The number of carbonyl (C=O) groups excluding carboxylic acids is 1. The number of rotatable bonds is 4. The minimum atomic E-state index is -1.06. The van der Waals surface area contributed by atoms with Gasteiger partial charge in [-0.15, -0.1) is 0 Å². The molecule has 26 heavy (non-hydrogen) atoms. The van der Waals surface area contributed by atoms with E-state index in [2.05, 4.69) is 5.32 Å². The van der Waals surface area contributed by atoms with Crippen LogP contribution in [0.1, 0.15) is 26.5 Å². The van der Waals surface area contributed by atoms with Crippen molar-refractivity contribution in [2.75, 3.05) is 5.32 Å². The Hall–Kier alpha value is -2.76. The average Bonchev–Trinajstić information content (AvgIpc) is 3.09. The van der Waals surface area contributed by atoms with E-state index in [1.165, 1.54) is 12.1 Å². The number of carbonyl (C=O) groups is 2. The molecule has 3 aromatic rings. The molecule has 0 spiro atoms. The van der Waals surface area contributed by atoms with Gasteiger partial charge in [0.25, 0.3) is 5.91 Å². The van der Waals surface area contributed by atoms with E-state index in [0.29, 0.717) is 32.6 Å². The summed E-state index contributed by atoms with van der Waals surface area (Å²) in [5, 5.41) is 12.6. The number of halogens is 2. The summed E-state index contributed by atoms with van der Waals surface area (Å²) in [6.45, 7) is 1.63. The first kappa shape index (κ1) is 18.0. The van der Waals surface area contributed by atoms with E-state index in [-0.39, 0.29) is 11.3 Å². The number of amides is 1. The Morgan fingerprint density at radius 3 is 2.50 bits per heavy atom. The van der Waals surface area contributed by atoms with Crippen molar-refractivity contribution >= 4 is 40.8 Å². The van der Waals surface area contributed by atoms with Gasteiger partial charge in [-0.1, -0.05) is 29.3 Å². The highest BCUT2D eigenvalue weighted by Crippen LogP contribution is 2.30. The van der Waals surface area contributed by atoms with Crippen molar-refractivity contribution < 1.29 is 19.1 Å². The van der Waals surface area contributed by atoms with Gasteiger partial charge in [0.05, 0.1) is 15.6 Å². The van der Waals surface area contributed by atoms with Crippen LogP contribution in [0, 0.1) is 6.92 Å². The molecular formula is C19H13Cl2NO4. The Morgan fingerprint density at radius 2 is 1.81 bits per heavy atom. The highest BCUT2D eigenvalue weighted by atomic mass is 35.5.